The minimum Gasteiger partial charge on any atom is -0.344 e. The summed E-state index contributed by atoms with van der Waals surface area (Å²) in [4.78, 5) is 12.9. The third kappa shape index (κ3) is 3.76. The van der Waals surface area contributed by atoms with Crippen molar-refractivity contribution >= 4 is 15.8 Å². The van der Waals surface area contributed by atoms with Crippen LogP contribution < -0.4 is 4.72 Å². The molecule has 26 heavy (non-hydrogen) atoms. The monoisotopic (exact) mass is 368 g/mol. The van der Waals surface area contributed by atoms with E-state index in [0.29, 0.717) is 17.0 Å². The van der Waals surface area contributed by atoms with Gasteiger partial charge in [0.25, 0.3) is 0 Å². The summed E-state index contributed by atoms with van der Waals surface area (Å²) in [7, 11) is -1.83. The lowest BCUT2D eigenvalue weighted by molar-refractivity contribution is 0.103. The van der Waals surface area contributed by atoms with Gasteiger partial charge in [0.15, 0.2) is 0 Å². The average Bonchev–Trinajstić information content (AvgIpc) is 3.01. The zero-order valence-electron chi connectivity index (χ0n) is 14.6. The number of ketones is 1. The topological polar surface area (TPSA) is 68.2 Å². The predicted octanol–water partition coefficient (Wildman–Crippen LogP) is 3.04. The van der Waals surface area contributed by atoms with Gasteiger partial charge in [0.05, 0.1) is 17.1 Å². The highest BCUT2D eigenvalue weighted by Gasteiger charge is 2.17. The Morgan fingerprint density at radius 2 is 1.62 bits per heavy atom. The summed E-state index contributed by atoms with van der Waals surface area (Å²) < 4.78 is 28.9. The summed E-state index contributed by atoms with van der Waals surface area (Å²) in [5.74, 6) is -0.0929. The lowest BCUT2D eigenvalue weighted by atomic mass is 10.1. The molecule has 0 amide bonds. The fourth-order valence-electron chi connectivity index (χ4n) is 2.66. The van der Waals surface area contributed by atoms with Gasteiger partial charge < -0.3 is 4.57 Å². The molecule has 0 spiro atoms. The predicted molar refractivity (Wildman–Crippen MR) is 100 cm³/mol. The van der Waals surface area contributed by atoms with E-state index >= 15 is 0 Å². The first kappa shape index (κ1) is 18.1. The molecule has 0 saturated carbocycles. The molecule has 0 atom stereocenters. The smallest absolute Gasteiger partial charge is 0.240 e. The van der Waals surface area contributed by atoms with Crippen LogP contribution in [0.15, 0.2) is 71.6 Å². The summed E-state index contributed by atoms with van der Waals surface area (Å²) >= 11 is 0. The number of carbonyl (C=O) groups excluding carboxylic acids is 1. The highest BCUT2D eigenvalue weighted by atomic mass is 32.2. The lowest BCUT2D eigenvalue weighted by Gasteiger charge is -2.09. The van der Waals surface area contributed by atoms with E-state index in [4.69, 9.17) is 0 Å². The Hall–Kier alpha value is -2.70. The summed E-state index contributed by atoms with van der Waals surface area (Å²) in [6, 6.07) is 19.0. The molecule has 0 bridgehead atoms. The number of rotatable bonds is 6. The minimum absolute atomic E-state index is 0.0929. The van der Waals surface area contributed by atoms with Crippen LogP contribution in [0.1, 0.15) is 27.3 Å². The van der Waals surface area contributed by atoms with Gasteiger partial charge in [0, 0.05) is 18.3 Å². The van der Waals surface area contributed by atoms with E-state index in [2.05, 4.69) is 4.72 Å². The zero-order chi connectivity index (χ0) is 18.7. The molecule has 0 aliphatic heterocycles. The number of aromatic nitrogens is 1. The first-order valence-electron chi connectivity index (χ1n) is 8.19. The first-order chi connectivity index (χ1) is 12.4. The Bertz CT molecular complexity index is 1020. The van der Waals surface area contributed by atoms with E-state index < -0.39 is 10.0 Å². The van der Waals surface area contributed by atoms with Gasteiger partial charge in [-0.05, 0) is 31.2 Å². The number of benzene rings is 2. The largest absolute Gasteiger partial charge is 0.344 e. The number of sulfonamides is 1. The molecular weight excluding hydrogens is 348 g/mol. The number of hydrogen-bond acceptors (Lipinski definition) is 3. The van der Waals surface area contributed by atoms with Crippen LogP contribution in [0, 0.1) is 6.92 Å². The normalized spacial score (nSPS) is 11.5. The van der Waals surface area contributed by atoms with E-state index in [1.165, 1.54) is 0 Å². The quantitative estimate of drug-likeness (QED) is 0.680. The SMILES string of the molecule is Cc1ccc(C(=O)c2ccc(CNS(=O)(=O)c3ccccc3)n2C)cc1. The van der Waals surface area contributed by atoms with Gasteiger partial charge in [0.1, 0.15) is 0 Å². The van der Waals surface area contributed by atoms with Crippen molar-refractivity contribution in [1.29, 1.82) is 0 Å². The van der Waals surface area contributed by atoms with Gasteiger partial charge in [-0.3, -0.25) is 4.79 Å². The highest BCUT2D eigenvalue weighted by Crippen LogP contribution is 2.15. The second-order valence-corrected chi connectivity index (χ2v) is 7.87. The Balaban J connectivity index is 1.77. The second-order valence-electron chi connectivity index (χ2n) is 6.10. The third-order valence-corrected chi connectivity index (χ3v) is 5.69. The van der Waals surface area contributed by atoms with Crippen molar-refractivity contribution in [1.82, 2.24) is 9.29 Å². The lowest BCUT2D eigenvalue weighted by Crippen LogP contribution is -2.24. The summed E-state index contributed by atoms with van der Waals surface area (Å²) in [6.45, 7) is 2.07. The molecule has 0 aliphatic carbocycles. The van der Waals surface area contributed by atoms with Crippen molar-refractivity contribution < 1.29 is 13.2 Å². The van der Waals surface area contributed by atoms with E-state index in [1.54, 1.807) is 66.2 Å². The number of nitrogens with one attached hydrogen (secondary N) is 1. The molecule has 3 aromatic rings. The van der Waals surface area contributed by atoms with Crippen LogP contribution in [-0.2, 0) is 23.6 Å². The van der Waals surface area contributed by atoms with Crippen LogP contribution in [0.3, 0.4) is 0 Å². The average molecular weight is 368 g/mol. The molecular formula is C20H20N2O3S. The van der Waals surface area contributed by atoms with E-state index in [-0.39, 0.29) is 17.2 Å². The summed E-state index contributed by atoms with van der Waals surface area (Å²) in [6.07, 6.45) is 0. The van der Waals surface area contributed by atoms with Crippen LogP contribution in [-0.4, -0.2) is 18.8 Å². The number of hydrogen-bond donors (Lipinski definition) is 1. The van der Waals surface area contributed by atoms with Crippen LogP contribution >= 0.6 is 0 Å². The van der Waals surface area contributed by atoms with E-state index in [9.17, 15) is 13.2 Å². The van der Waals surface area contributed by atoms with Crippen molar-refractivity contribution in [3.8, 4) is 0 Å². The second kappa shape index (κ2) is 7.27. The molecule has 0 unspecified atom stereocenters. The fourth-order valence-corrected chi connectivity index (χ4v) is 3.68. The van der Waals surface area contributed by atoms with Gasteiger partial charge in [0.2, 0.25) is 15.8 Å². The van der Waals surface area contributed by atoms with Gasteiger partial charge in [-0.1, -0.05) is 48.0 Å². The third-order valence-electron chi connectivity index (χ3n) is 4.27. The van der Waals surface area contributed by atoms with Crippen LogP contribution in [0.5, 0.6) is 0 Å². The van der Waals surface area contributed by atoms with E-state index in [0.717, 1.165) is 5.56 Å². The molecule has 0 radical (unpaired) electrons. The Labute approximate surface area is 153 Å². The van der Waals surface area contributed by atoms with Gasteiger partial charge in [-0.2, -0.15) is 0 Å². The molecule has 0 fully saturated rings. The van der Waals surface area contributed by atoms with Crippen LogP contribution in [0.2, 0.25) is 0 Å². The Morgan fingerprint density at radius 1 is 0.962 bits per heavy atom. The maximum absolute atomic E-state index is 12.7. The molecule has 2 aromatic carbocycles. The molecule has 1 N–H and O–H groups in total. The maximum Gasteiger partial charge on any atom is 0.240 e. The molecule has 1 heterocycles. The molecule has 0 aliphatic rings. The van der Waals surface area contributed by atoms with Gasteiger partial charge >= 0.3 is 0 Å². The fraction of sp³-hybridized carbons (Fsp3) is 0.150. The summed E-state index contributed by atoms with van der Waals surface area (Å²) in [5.41, 5.74) is 2.92. The van der Waals surface area contributed by atoms with Crippen molar-refractivity contribution in [2.45, 2.75) is 18.4 Å². The zero-order valence-corrected chi connectivity index (χ0v) is 15.5. The van der Waals surface area contributed by atoms with Gasteiger partial charge in [-0.15, -0.1) is 0 Å². The first-order valence-corrected chi connectivity index (χ1v) is 9.67. The molecule has 0 saturated heterocycles. The van der Waals surface area contributed by atoms with Gasteiger partial charge in [-0.25, -0.2) is 13.1 Å². The summed E-state index contributed by atoms with van der Waals surface area (Å²) in [5, 5.41) is 0. The Kier molecular flexibility index (Phi) is 5.06. The van der Waals surface area contributed by atoms with Crippen molar-refractivity contribution in [2.24, 2.45) is 7.05 Å². The van der Waals surface area contributed by atoms with Crippen molar-refractivity contribution in [3.05, 3.63) is 89.2 Å². The standard InChI is InChI=1S/C20H20N2O3S/c1-15-8-10-16(11-9-15)20(23)19-13-12-17(22(19)2)14-21-26(24,25)18-6-4-3-5-7-18/h3-13,21H,14H2,1-2H3. The number of nitrogens with zero attached hydrogens (tertiary/aromatic N) is 1. The number of aryl methyl sites for hydroxylation is 1. The van der Waals surface area contributed by atoms with Crippen molar-refractivity contribution in [3.63, 3.8) is 0 Å². The molecule has 134 valence electrons. The van der Waals surface area contributed by atoms with E-state index in [1.807, 2.05) is 19.1 Å². The molecule has 1 aromatic heterocycles. The Morgan fingerprint density at radius 3 is 2.27 bits per heavy atom. The molecule has 3 rings (SSSR count). The van der Waals surface area contributed by atoms with Crippen molar-refractivity contribution in [2.75, 3.05) is 0 Å². The molecule has 6 heteroatoms. The van der Waals surface area contributed by atoms with Crippen LogP contribution in [0.4, 0.5) is 0 Å². The van der Waals surface area contributed by atoms with Crippen LogP contribution in [0.25, 0.3) is 0 Å². The maximum atomic E-state index is 12.7. The highest BCUT2D eigenvalue weighted by molar-refractivity contribution is 7.89. The minimum atomic E-state index is -3.59. The number of carbonyl (C=O) groups is 1. The molecule has 5 nitrogen and oxygen atoms in total.